The minimum atomic E-state index is -0.679. The lowest BCUT2D eigenvalue weighted by atomic mass is 9.94. The molecule has 1 unspecified atom stereocenters. The molecule has 0 amide bonds. The van der Waals surface area contributed by atoms with Gasteiger partial charge in [-0.25, -0.2) is 0 Å². The van der Waals surface area contributed by atoms with Crippen molar-refractivity contribution in [2.24, 2.45) is 7.05 Å². The van der Waals surface area contributed by atoms with Crippen LogP contribution in [0.15, 0.2) is 47.6 Å². The quantitative estimate of drug-likeness (QED) is 0.847. The van der Waals surface area contributed by atoms with Crippen LogP contribution >= 0.6 is 11.8 Å². The molecule has 0 spiro atoms. The molecule has 0 saturated heterocycles. The highest BCUT2D eigenvalue weighted by molar-refractivity contribution is 7.99. The lowest BCUT2D eigenvalue weighted by molar-refractivity contribution is 0.528. The van der Waals surface area contributed by atoms with Gasteiger partial charge in [-0.1, -0.05) is 30.3 Å². The summed E-state index contributed by atoms with van der Waals surface area (Å²) >= 11 is 1.62. The molecule has 2 rings (SSSR count). The lowest BCUT2D eigenvalue weighted by Gasteiger charge is -2.26. The molecule has 1 atom stereocenters. The number of nitrogens with zero attached hydrogens (tertiary/aromatic N) is 3. The van der Waals surface area contributed by atoms with Crippen LogP contribution < -0.4 is 5.32 Å². The number of nitrogens with one attached hydrogen (secondary N) is 1. The first kappa shape index (κ1) is 13.7. The van der Waals surface area contributed by atoms with Crippen LogP contribution in [0.25, 0.3) is 0 Å². The van der Waals surface area contributed by atoms with E-state index in [-0.39, 0.29) is 0 Å². The van der Waals surface area contributed by atoms with Gasteiger partial charge in [0, 0.05) is 23.9 Å². The molecule has 0 aliphatic heterocycles. The van der Waals surface area contributed by atoms with Gasteiger partial charge < -0.3 is 0 Å². The summed E-state index contributed by atoms with van der Waals surface area (Å²) in [4.78, 5) is 1.06. The van der Waals surface area contributed by atoms with E-state index >= 15 is 0 Å². The minimum absolute atomic E-state index is 0.635. The van der Waals surface area contributed by atoms with E-state index in [9.17, 15) is 5.26 Å². The number of nitriles is 1. The minimum Gasteiger partial charge on any atom is -0.298 e. The molecule has 2 aromatic rings. The molecular weight excluding hydrogens is 256 g/mol. The van der Waals surface area contributed by atoms with Crippen molar-refractivity contribution in [2.45, 2.75) is 10.4 Å². The van der Waals surface area contributed by atoms with Crippen molar-refractivity contribution in [3.8, 4) is 6.07 Å². The molecule has 1 aromatic carbocycles. The molecule has 1 heterocycles. The maximum atomic E-state index is 9.57. The molecule has 5 heteroatoms. The van der Waals surface area contributed by atoms with Crippen molar-refractivity contribution in [3.05, 3.63) is 48.3 Å². The first-order valence-corrected chi connectivity index (χ1v) is 6.96. The predicted octanol–water partition coefficient (Wildman–Crippen LogP) is 2.15. The van der Waals surface area contributed by atoms with Crippen molar-refractivity contribution in [2.75, 3.05) is 12.8 Å². The Morgan fingerprint density at radius 1 is 1.42 bits per heavy atom. The monoisotopic (exact) mass is 272 g/mol. The Balaban J connectivity index is 2.19. The van der Waals surface area contributed by atoms with Crippen molar-refractivity contribution in [1.82, 2.24) is 15.1 Å². The number of rotatable bonds is 5. The Morgan fingerprint density at radius 3 is 2.68 bits per heavy atom. The van der Waals surface area contributed by atoms with Crippen molar-refractivity contribution >= 4 is 11.8 Å². The van der Waals surface area contributed by atoms with Gasteiger partial charge in [-0.2, -0.15) is 10.4 Å². The zero-order chi connectivity index (χ0) is 13.7. The highest BCUT2D eigenvalue weighted by atomic mass is 32.2. The summed E-state index contributed by atoms with van der Waals surface area (Å²) in [6.07, 6.45) is 3.76. The average molecular weight is 272 g/mol. The molecule has 1 aromatic heterocycles. The van der Waals surface area contributed by atoms with Gasteiger partial charge in [0.25, 0.3) is 0 Å². The summed E-state index contributed by atoms with van der Waals surface area (Å²) < 4.78 is 1.76. The van der Waals surface area contributed by atoms with Crippen molar-refractivity contribution in [3.63, 3.8) is 0 Å². The highest BCUT2D eigenvalue weighted by Crippen LogP contribution is 2.28. The Hall–Kier alpha value is -1.77. The number of aromatic nitrogens is 2. The molecule has 0 aliphatic rings. The van der Waals surface area contributed by atoms with E-state index in [0.29, 0.717) is 5.75 Å². The number of aryl methyl sites for hydroxylation is 1. The SMILES string of the molecule is CNC(C#N)(CSc1cnn(C)c1)c1ccccc1. The Bertz CT molecular complexity index is 573. The lowest BCUT2D eigenvalue weighted by Crippen LogP contribution is -2.41. The van der Waals surface area contributed by atoms with E-state index in [4.69, 9.17) is 0 Å². The second-order valence-electron chi connectivity index (χ2n) is 4.27. The second-order valence-corrected chi connectivity index (χ2v) is 5.32. The molecular formula is C14H16N4S. The fourth-order valence-corrected chi connectivity index (χ4v) is 2.95. The van der Waals surface area contributed by atoms with Gasteiger partial charge in [-0.3, -0.25) is 10.00 Å². The van der Waals surface area contributed by atoms with Gasteiger partial charge in [-0.15, -0.1) is 11.8 Å². The van der Waals surface area contributed by atoms with E-state index in [1.165, 1.54) is 0 Å². The molecule has 0 fully saturated rings. The van der Waals surface area contributed by atoms with Gasteiger partial charge >= 0.3 is 0 Å². The zero-order valence-electron chi connectivity index (χ0n) is 11.0. The number of hydrogen-bond acceptors (Lipinski definition) is 4. The number of benzene rings is 1. The fourth-order valence-electron chi connectivity index (χ4n) is 1.84. The van der Waals surface area contributed by atoms with Gasteiger partial charge in [0.05, 0.1) is 12.3 Å². The van der Waals surface area contributed by atoms with Gasteiger partial charge in [0.15, 0.2) is 0 Å². The molecule has 0 radical (unpaired) electrons. The zero-order valence-corrected chi connectivity index (χ0v) is 11.8. The van der Waals surface area contributed by atoms with Crippen molar-refractivity contribution < 1.29 is 0 Å². The third-order valence-electron chi connectivity index (χ3n) is 3.02. The van der Waals surface area contributed by atoms with Crippen LogP contribution in [0.2, 0.25) is 0 Å². The topological polar surface area (TPSA) is 53.6 Å². The maximum Gasteiger partial charge on any atom is 0.141 e. The summed E-state index contributed by atoms with van der Waals surface area (Å²) in [5, 5.41) is 16.9. The van der Waals surface area contributed by atoms with Crippen LogP contribution in [-0.2, 0) is 12.6 Å². The Labute approximate surface area is 117 Å². The van der Waals surface area contributed by atoms with Crippen LogP contribution in [0.3, 0.4) is 0 Å². The largest absolute Gasteiger partial charge is 0.298 e. The molecule has 0 bridgehead atoms. The molecule has 4 nitrogen and oxygen atoms in total. The fraction of sp³-hybridized carbons (Fsp3) is 0.286. The first-order valence-electron chi connectivity index (χ1n) is 5.97. The Kier molecular flexibility index (Phi) is 4.25. The molecule has 1 N–H and O–H groups in total. The summed E-state index contributed by atoms with van der Waals surface area (Å²) in [5.41, 5.74) is 0.304. The van der Waals surface area contributed by atoms with Crippen LogP contribution in [0.4, 0.5) is 0 Å². The molecule has 98 valence electrons. The smallest absolute Gasteiger partial charge is 0.141 e. The van der Waals surface area contributed by atoms with Gasteiger partial charge in [-0.05, 0) is 12.6 Å². The van der Waals surface area contributed by atoms with E-state index in [1.807, 2.05) is 56.8 Å². The van der Waals surface area contributed by atoms with E-state index in [0.717, 1.165) is 10.5 Å². The average Bonchev–Trinajstić information content (AvgIpc) is 2.88. The van der Waals surface area contributed by atoms with Crippen LogP contribution in [0.1, 0.15) is 5.56 Å². The van der Waals surface area contributed by atoms with Gasteiger partial charge in [0.1, 0.15) is 5.54 Å². The normalized spacial score (nSPS) is 13.7. The third-order valence-corrected chi connectivity index (χ3v) is 4.14. The third kappa shape index (κ3) is 2.98. The second kappa shape index (κ2) is 5.91. The van der Waals surface area contributed by atoms with Crippen LogP contribution in [0.5, 0.6) is 0 Å². The predicted molar refractivity (Wildman–Crippen MR) is 76.7 cm³/mol. The molecule has 0 aliphatic carbocycles. The molecule has 19 heavy (non-hydrogen) atoms. The van der Waals surface area contributed by atoms with Crippen LogP contribution in [0, 0.1) is 11.3 Å². The summed E-state index contributed by atoms with van der Waals surface area (Å²) in [6, 6.07) is 12.2. The summed E-state index contributed by atoms with van der Waals surface area (Å²) in [6.45, 7) is 0. The van der Waals surface area contributed by atoms with E-state index in [2.05, 4.69) is 16.5 Å². The van der Waals surface area contributed by atoms with E-state index < -0.39 is 5.54 Å². The Morgan fingerprint density at radius 2 is 2.16 bits per heavy atom. The number of thioether (sulfide) groups is 1. The molecule has 0 saturated carbocycles. The van der Waals surface area contributed by atoms with Crippen molar-refractivity contribution in [1.29, 1.82) is 5.26 Å². The number of hydrogen-bond donors (Lipinski definition) is 1. The first-order chi connectivity index (χ1) is 9.20. The summed E-state index contributed by atoms with van der Waals surface area (Å²) in [5.74, 6) is 0.635. The standard InChI is InChI=1S/C14H16N4S/c1-16-14(10-15,12-6-4-3-5-7-12)11-19-13-8-17-18(2)9-13/h3-9,16H,11H2,1-2H3. The van der Waals surface area contributed by atoms with Crippen LogP contribution in [-0.4, -0.2) is 22.6 Å². The summed E-state index contributed by atoms with van der Waals surface area (Å²) in [7, 11) is 3.71. The maximum absolute atomic E-state index is 9.57. The van der Waals surface area contributed by atoms with Gasteiger partial charge in [0.2, 0.25) is 0 Å². The highest BCUT2D eigenvalue weighted by Gasteiger charge is 2.30. The van der Waals surface area contributed by atoms with E-state index in [1.54, 1.807) is 16.4 Å².